The van der Waals surface area contributed by atoms with Crippen molar-refractivity contribution >= 4 is 0 Å². The van der Waals surface area contributed by atoms with E-state index in [1.165, 1.54) is 0 Å². The van der Waals surface area contributed by atoms with Crippen molar-refractivity contribution in [1.82, 2.24) is 10.2 Å². The van der Waals surface area contributed by atoms with E-state index in [4.69, 9.17) is 0 Å². The van der Waals surface area contributed by atoms with Gasteiger partial charge in [0, 0.05) is 31.7 Å². The van der Waals surface area contributed by atoms with Gasteiger partial charge in [-0.2, -0.15) is 0 Å². The first-order valence-electron chi connectivity index (χ1n) is 7.01. The third-order valence-electron chi connectivity index (χ3n) is 3.59. The number of hydrogen-bond donors (Lipinski definition) is 1. The first kappa shape index (κ1) is 16.7. The van der Waals surface area contributed by atoms with Gasteiger partial charge in [0.25, 0.3) is 0 Å². The van der Waals surface area contributed by atoms with Crippen molar-refractivity contribution in [1.29, 1.82) is 0 Å². The fourth-order valence-electron chi connectivity index (χ4n) is 2.63. The number of alkyl halides is 3. The van der Waals surface area contributed by atoms with Crippen LogP contribution in [0.1, 0.15) is 33.6 Å². The number of halogens is 3. The Morgan fingerprint density at radius 2 is 2.05 bits per heavy atom. The summed E-state index contributed by atoms with van der Waals surface area (Å²) in [4.78, 5) is 2.13. The van der Waals surface area contributed by atoms with Crippen LogP contribution in [0.15, 0.2) is 0 Å². The molecule has 2 atom stereocenters. The molecule has 0 radical (unpaired) electrons. The van der Waals surface area contributed by atoms with E-state index >= 15 is 0 Å². The van der Waals surface area contributed by atoms with E-state index in [1.54, 1.807) is 0 Å². The van der Waals surface area contributed by atoms with Crippen LogP contribution in [-0.4, -0.2) is 49.6 Å². The smallest absolute Gasteiger partial charge is 0.311 e. The summed E-state index contributed by atoms with van der Waals surface area (Å²) in [7, 11) is 0. The molecule has 1 rings (SSSR count). The average Bonchev–Trinajstić information content (AvgIpc) is 2.27. The van der Waals surface area contributed by atoms with Crippen molar-refractivity contribution in [2.24, 2.45) is 5.92 Å². The van der Waals surface area contributed by atoms with Crippen molar-refractivity contribution < 1.29 is 17.9 Å². The number of nitrogens with zero attached hydrogens (tertiary/aromatic N) is 1. The molecule has 3 nitrogen and oxygen atoms in total. The lowest BCUT2D eigenvalue weighted by atomic mass is 9.97. The van der Waals surface area contributed by atoms with E-state index in [0.717, 1.165) is 25.9 Å². The molecule has 1 heterocycles. The number of nitrogens with one attached hydrogen (secondary N) is 1. The van der Waals surface area contributed by atoms with Crippen LogP contribution < -0.4 is 5.32 Å². The molecule has 0 saturated carbocycles. The summed E-state index contributed by atoms with van der Waals surface area (Å²) in [6.45, 7) is 8.02. The highest BCUT2D eigenvalue weighted by Crippen LogP contribution is 2.19. The molecule has 1 fully saturated rings. The Bertz CT molecular complexity index is 259. The van der Waals surface area contributed by atoms with E-state index in [1.807, 2.05) is 0 Å². The normalized spacial score (nSPS) is 26.1. The van der Waals surface area contributed by atoms with Gasteiger partial charge in [0.1, 0.15) is 0 Å². The SMILES string of the molecule is CCCC1CN(CCOC(F)(F)F)C(C(C)C)CN1. The third kappa shape index (κ3) is 6.10. The molecule has 0 bridgehead atoms. The van der Waals surface area contributed by atoms with Gasteiger partial charge in [0.2, 0.25) is 0 Å². The molecule has 0 aromatic heterocycles. The van der Waals surface area contributed by atoms with E-state index in [9.17, 15) is 13.2 Å². The Morgan fingerprint density at radius 1 is 1.37 bits per heavy atom. The van der Waals surface area contributed by atoms with Crippen LogP contribution in [0.5, 0.6) is 0 Å². The zero-order valence-electron chi connectivity index (χ0n) is 12.0. The lowest BCUT2D eigenvalue weighted by Crippen LogP contribution is -2.58. The van der Waals surface area contributed by atoms with Crippen LogP contribution in [-0.2, 0) is 4.74 Å². The fraction of sp³-hybridized carbons (Fsp3) is 1.00. The molecule has 0 aromatic carbocycles. The molecule has 1 aliphatic heterocycles. The van der Waals surface area contributed by atoms with Gasteiger partial charge in [-0.3, -0.25) is 9.64 Å². The van der Waals surface area contributed by atoms with Gasteiger partial charge in [-0.25, -0.2) is 0 Å². The first-order valence-corrected chi connectivity index (χ1v) is 7.01. The summed E-state index contributed by atoms with van der Waals surface area (Å²) >= 11 is 0. The van der Waals surface area contributed by atoms with E-state index in [0.29, 0.717) is 18.5 Å². The predicted octanol–water partition coefficient (Wildman–Crippen LogP) is 2.62. The number of hydrogen-bond acceptors (Lipinski definition) is 3. The number of rotatable bonds is 6. The summed E-state index contributed by atoms with van der Waals surface area (Å²) in [5, 5.41) is 3.48. The minimum absolute atomic E-state index is 0.282. The zero-order valence-corrected chi connectivity index (χ0v) is 12.0. The molecule has 6 heteroatoms. The highest BCUT2D eigenvalue weighted by Gasteiger charge is 2.32. The summed E-state index contributed by atoms with van der Waals surface area (Å²) in [5.41, 5.74) is 0. The Balaban J connectivity index is 2.47. The van der Waals surface area contributed by atoms with E-state index in [2.05, 4.69) is 35.7 Å². The summed E-state index contributed by atoms with van der Waals surface area (Å²) in [6, 6.07) is 0.663. The third-order valence-corrected chi connectivity index (χ3v) is 3.59. The van der Waals surface area contributed by atoms with Crippen molar-refractivity contribution in [3.63, 3.8) is 0 Å². The van der Waals surface area contributed by atoms with Gasteiger partial charge < -0.3 is 5.32 Å². The quantitative estimate of drug-likeness (QED) is 0.810. The molecule has 0 aliphatic carbocycles. The second-order valence-corrected chi connectivity index (χ2v) is 5.49. The van der Waals surface area contributed by atoms with Gasteiger partial charge in [-0.05, 0) is 12.3 Å². The van der Waals surface area contributed by atoms with Gasteiger partial charge in [0.05, 0.1) is 6.61 Å². The Kier molecular flexibility index (Phi) is 6.56. The van der Waals surface area contributed by atoms with E-state index in [-0.39, 0.29) is 12.6 Å². The van der Waals surface area contributed by atoms with Crippen LogP contribution in [0.4, 0.5) is 13.2 Å². The molecule has 114 valence electrons. The summed E-state index contributed by atoms with van der Waals surface area (Å²) < 4.78 is 39.9. The Hall–Kier alpha value is -0.330. The Labute approximate surface area is 113 Å². The van der Waals surface area contributed by atoms with Crippen LogP contribution in [0, 0.1) is 5.92 Å². The number of piperazine rings is 1. The lowest BCUT2D eigenvalue weighted by Gasteiger charge is -2.42. The molecule has 2 unspecified atom stereocenters. The molecule has 0 amide bonds. The van der Waals surface area contributed by atoms with Crippen LogP contribution in [0.2, 0.25) is 0 Å². The molecule has 0 aromatic rings. The van der Waals surface area contributed by atoms with Crippen molar-refractivity contribution in [2.75, 3.05) is 26.2 Å². The van der Waals surface area contributed by atoms with Crippen molar-refractivity contribution in [3.05, 3.63) is 0 Å². The molecule has 1 saturated heterocycles. The van der Waals surface area contributed by atoms with Crippen molar-refractivity contribution in [3.8, 4) is 0 Å². The van der Waals surface area contributed by atoms with Gasteiger partial charge in [-0.15, -0.1) is 13.2 Å². The molecule has 0 spiro atoms. The Morgan fingerprint density at radius 3 is 2.58 bits per heavy atom. The maximum Gasteiger partial charge on any atom is 0.522 e. The first-order chi connectivity index (χ1) is 8.83. The van der Waals surface area contributed by atoms with Gasteiger partial charge in [-0.1, -0.05) is 27.2 Å². The predicted molar refractivity (Wildman–Crippen MR) is 68.9 cm³/mol. The topological polar surface area (TPSA) is 24.5 Å². The van der Waals surface area contributed by atoms with Gasteiger partial charge >= 0.3 is 6.36 Å². The second-order valence-electron chi connectivity index (χ2n) is 5.49. The van der Waals surface area contributed by atoms with Crippen molar-refractivity contribution in [2.45, 2.75) is 52.1 Å². The van der Waals surface area contributed by atoms with E-state index < -0.39 is 6.36 Å². The molecular weight excluding hydrogens is 257 g/mol. The monoisotopic (exact) mass is 282 g/mol. The van der Waals surface area contributed by atoms with Crippen LogP contribution in [0.3, 0.4) is 0 Å². The summed E-state index contributed by atoms with van der Waals surface area (Å²) in [5.74, 6) is 0.418. The second kappa shape index (κ2) is 7.45. The highest BCUT2D eigenvalue weighted by atomic mass is 19.4. The fourth-order valence-corrected chi connectivity index (χ4v) is 2.63. The highest BCUT2D eigenvalue weighted by molar-refractivity contribution is 4.87. The van der Waals surface area contributed by atoms with Crippen LogP contribution >= 0.6 is 0 Å². The average molecular weight is 282 g/mol. The molecule has 1 N–H and O–H groups in total. The molecular formula is C13H25F3N2O. The van der Waals surface area contributed by atoms with Gasteiger partial charge in [0.15, 0.2) is 0 Å². The maximum absolute atomic E-state index is 12.0. The lowest BCUT2D eigenvalue weighted by molar-refractivity contribution is -0.325. The standard InChI is InChI=1S/C13H25F3N2O/c1-4-5-11-9-18(6-7-19-13(14,15)16)12(8-17-11)10(2)3/h10-12,17H,4-9H2,1-3H3. The minimum atomic E-state index is -4.52. The maximum atomic E-state index is 12.0. The minimum Gasteiger partial charge on any atom is -0.311 e. The molecule has 19 heavy (non-hydrogen) atoms. The number of ether oxygens (including phenoxy) is 1. The molecule has 1 aliphatic rings. The zero-order chi connectivity index (χ0) is 14.5. The largest absolute Gasteiger partial charge is 0.522 e. The van der Waals surface area contributed by atoms with Crippen LogP contribution in [0.25, 0.3) is 0 Å². The summed E-state index contributed by atoms with van der Waals surface area (Å²) in [6.07, 6.45) is -2.39.